The molecule has 1 aliphatic rings. The largest absolute Gasteiger partial charge is 0.338 e. The molecule has 1 unspecified atom stereocenters. The molecule has 22 heavy (non-hydrogen) atoms. The van der Waals surface area contributed by atoms with E-state index >= 15 is 0 Å². The molecule has 0 spiro atoms. The first-order chi connectivity index (χ1) is 10.7. The van der Waals surface area contributed by atoms with E-state index in [0.29, 0.717) is 16.9 Å². The van der Waals surface area contributed by atoms with Crippen molar-refractivity contribution in [2.24, 2.45) is 0 Å². The van der Waals surface area contributed by atoms with Gasteiger partial charge in [0.15, 0.2) is 0 Å². The van der Waals surface area contributed by atoms with Crippen LogP contribution in [0.1, 0.15) is 32.6 Å². The minimum absolute atomic E-state index is 0.0192. The molecule has 1 fully saturated rings. The van der Waals surface area contributed by atoms with E-state index in [4.69, 9.17) is 0 Å². The molecule has 2 aromatic rings. The van der Waals surface area contributed by atoms with Crippen molar-refractivity contribution >= 4 is 16.8 Å². The van der Waals surface area contributed by atoms with E-state index in [2.05, 4.69) is 11.9 Å². The molecule has 2 heterocycles. The maximum atomic E-state index is 12.6. The Bertz CT molecular complexity index is 738. The van der Waals surface area contributed by atoms with Gasteiger partial charge in [-0.1, -0.05) is 19.1 Å². The highest BCUT2D eigenvalue weighted by Crippen LogP contribution is 2.19. The average molecular weight is 299 g/mol. The van der Waals surface area contributed by atoms with Crippen LogP contribution >= 0.6 is 0 Å². The topological polar surface area (TPSA) is 55.2 Å². The van der Waals surface area contributed by atoms with Gasteiger partial charge in [0, 0.05) is 12.6 Å². The van der Waals surface area contributed by atoms with Crippen molar-refractivity contribution in [2.45, 2.75) is 45.2 Å². The van der Waals surface area contributed by atoms with Crippen LogP contribution in [0.5, 0.6) is 0 Å². The zero-order chi connectivity index (χ0) is 15.5. The lowest BCUT2D eigenvalue weighted by Crippen LogP contribution is -2.45. The van der Waals surface area contributed by atoms with Gasteiger partial charge < -0.3 is 4.90 Å². The first-order valence-corrected chi connectivity index (χ1v) is 7.94. The summed E-state index contributed by atoms with van der Waals surface area (Å²) in [7, 11) is 0. The van der Waals surface area contributed by atoms with Gasteiger partial charge in [0.2, 0.25) is 5.91 Å². The van der Waals surface area contributed by atoms with Crippen molar-refractivity contribution in [1.29, 1.82) is 0 Å². The molecule has 116 valence electrons. The predicted octanol–water partition coefficient (Wildman–Crippen LogP) is 2.19. The molecular formula is C17H21N3O2. The molecule has 0 bridgehead atoms. The Labute approximate surface area is 129 Å². The van der Waals surface area contributed by atoms with Gasteiger partial charge in [-0.25, -0.2) is 4.98 Å². The summed E-state index contributed by atoms with van der Waals surface area (Å²) in [6, 6.07) is 7.53. The van der Waals surface area contributed by atoms with Crippen LogP contribution in [-0.4, -0.2) is 32.9 Å². The Balaban J connectivity index is 1.85. The molecule has 1 aromatic carbocycles. The molecular weight excluding hydrogens is 278 g/mol. The second-order valence-electron chi connectivity index (χ2n) is 5.84. The minimum atomic E-state index is -0.149. The predicted molar refractivity (Wildman–Crippen MR) is 85.6 cm³/mol. The summed E-state index contributed by atoms with van der Waals surface area (Å²) in [4.78, 5) is 31.2. The molecule has 1 aromatic heterocycles. The van der Waals surface area contributed by atoms with Crippen molar-refractivity contribution in [3.8, 4) is 0 Å². The molecule has 0 radical (unpaired) electrons. The van der Waals surface area contributed by atoms with Crippen LogP contribution in [0.4, 0.5) is 0 Å². The first kappa shape index (κ1) is 14.8. The van der Waals surface area contributed by atoms with Gasteiger partial charge in [0.25, 0.3) is 5.56 Å². The van der Waals surface area contributed by atoms with Crippen molar-refractivity contribution < 1.29 is 4.79 Å². The maximum Gasteiger partial charge on any atom is 0.261 e. The number of likely N-dealkylation sites (tertiary alicyclic amines) is 1. The standard InChI is InChI=1S/C17H21N3O2/c1-2-13-7-5-6-10-20(13)16(21)11-19-12-18-15-9-4-3-8-14(15)17(19)22/h3-4,8-9,12-13H,2,5-7,10-11H2,1H3. The molecule has 5 nitrogen and oxygen atoms in total. The molecule has 1 aliphatic heterocycles. The van der Waals surface area contributed by atoms with Crippen LogP contribution in [0, 0.1) is 0 Å². The van der Waals surface area contributed by atoms with Gasteiger partial charge in [-0.3, -0.25) is 14.2 Å². The highest BCUT2D eigenvalue weighted by Gasteiger charge is 2.25. The third kappa shape index (κ3) is 2.75. The van der Waals surface area contributed by atoms with E-state index in [1.165, 1.54) is 17.3 Å². The molecule has 0 N–H and O–H groups in total. The minimum Gasteiger partial charge on any atom is -0.338 e. The van der Waals surface area contributed by atoms with Gasteiger partial charge in [-0.2, -0.15) is 0 Å². The molecule has 1 saturated heterocycles. The summed E-state index contributed by atoms with van der Waals surface area (Å²) >= 11 is 0. The Morgan fingerprint density at radius 2 is 2.14 bits per heavy atom. The van der Waals surface area contributed by atoms with Crippen molar-refractivity contribution in [3.05, 3.63) is 40.9 Å². The number of fused-ring (bicyclic) bond motifs is 1. The lowest BCUT2D eigenvalue weighted by molar-refractivity contribution is -0.135. The number of carbonyl (C=O) groups is 1. The number of rotatable bonds is 3. The summed E-state index contributed by atoms with van der Waals surface area (Å²) in [5.74, 6) is 0.0192. The van der Waals surface area contributed by atoms with Crippen LogP contribution in [0.25, 0.3) is 10.9 Å². The van der Waals surface area contributed by atoms with E-state index in [1.54, 1.807) is 12.1 Å². The van der Waals surface area contributed by atoms with Crippen molar-refractivity contribution in [1.82, 2.24) is 14.5 Å². The Hall–Kier alpha value is -2.17. The molecule has 0 saturated carbocycles. The average Bonchev–Trinajstić information content (AvgIpc) is 2.57. The lowest BCUT2D eigenvalue weighted by Gasteiger charge is -2.35. The highest BCUT2D eigenvalue weighted by molar-refractivity contribution is 5.79. The van der Waals surface area contributed by atoms with Gasteiger partial charge in [0.05, 0.1) is 17.2 Å². The SMILES string of the molecule is CCC1CCCCN1C(=O)Cn1cnc2ccccc2c1=O. The zero-order valence-corrected chi connectivity index (χ0v) is 12.9. The van der Waals surface area contributed by atoms with Gasteiger partial charge >= 0.3 is 0 Å². The fourth-order valence-electron chi connectivity index (χ4n) is 3.21. The summed E-state index contributed by atoms with van der Waals surface area (Å²) in [5, 5.41) is 0.559. The maximum absolute atomic E-state index is 12.6. The number of nitrogens with zero attached hydrogens (tertiary/aromatic N) is 3. The zero-order valence-electron chi connectivity index (χ0n) is 12.9. The van der Waals surface area contributed by atoms with Gasteiger partial charge in [-0.15, -0.1) is 0 Å². The van der Waals surface area contributed by atoms with Crippen molar-refractivity contribution in [2.75, 3.05) is 6.54 Å². The fourth-order valence-corrected chi connectivity index (χ4v) is 3.21. The highest BCUT2D eigenvalue weighted by atomic mass is 16.2. The van der Waals surface area contributed by atoms with Crippen LogP contribution in [-0.2, 0) is 11.3 Å². The number of piperidine rings is 1. The molecule has 0 aliphatic carbocycles. The van der Waals surface area contributed by atoms with E-state index in [1.807, 2.05) is 17.0 Å². The van der Waals surface area contributed by atoms with Gasteiger partial charge in [0.1, 0.15) is 6.54 Å². The van der Waals surface area contributed by atoms with E-state index in [-0.39, 0.29) is 18.0 Å². The van der Waals surface area contributed by atoms with Crippen LogP contribution in [0.3, 0.4) is 0 Å². The smallest absolute Gasteiger partial charge is 0.261 e. The third-order valence-electron chi connectivity index (χ3n) is 4.46. The number of para-hydroxylation sites is 1. The summed E-state index contributed by atoms with van der Waals surface area (Å²) in [6.45, 7) is 2.99. The van der Waals surface area contributed by atoms with E-state index in [0.717, 1.165) is 25.8 Å². The quantitative estimate of drug-likeness (QED) is 0.873. The Morgan fingerprint density at radius 1 is 1.32 bits per heavy atom. The van der Waals surface area contributed by atoms with Crippen LogP contribution < -0.4 is 5.56 Å². The Kier molecular flexibility index (Phi) is 4.22. The number of amides is 1. The Morgan fingerprint density at radius 3 is 2.95 bits per heavy atom. The number of hydrogen-bond donors (Lipinski definition) is 0. The number of hydrogen-bond acceptors (Lipinski definition) is 3. The van der Waals surface area contributed by atoms with E-state index in [9.17, 15) is 9.59 Å². The monoisotopic (exact) mass is 299 g/mol. The summed E-state index contributed by atoms with van der Waals surface area (Å²) in [5.41, 5.74) is 0.518. The molecule has 1 amide bonds. The van der Waals surface area contributed by atoms with Crippen molar-refractivity contribution in [3.63, 3.8) is 0 Å². The normalized spacial score (nSPS) is 18.6. The number of aromatic nitrogens is 2. The molecule has 1 atom stereocenters. The number of benzene rings is 1. The second kappa shape index (κ2) is 6.30. The van der Waals surface area contributed by atoms with Crippen LogP contribution in [0.15, 0.2) is 35.4 Å². The third-order valence-corrected chi connectivity index (χ3v) is 4.46. The summed E-state index contributed by atoms with van der Waals surface area (Å²) in [6.07, 6.45) is 5.74. The van der Waals surface area contributed by atoms with E-state index < -0.39 is 0 Å². The summed E-state index contributed by atoms with van der Waals surface area (Å²) < 4.78 is 1.42. The molecule has 5 heteroatoms. The molecule has 3 rings (SSSR count). The lowest BCUT2D eigenvalue weighted by atomic mass is 10.00. The van der Waals surface area contributed by atoms with Crippen LogP contribution in [0.2, 0.25) is 0 Å². The second-order valence-corrected chi connectivity index (χ2v) is 5.84. The van der Waals surface area contributed by atoms with Gasteiger partial charge in [-0.05, 0) is 37.8 Å². The fraction of sp³-hybridized carbons (Fsp3) is 0.471. The first-order valence-electron chi connectivity index (χ1n) is 7.94. The number of carbonyl (C=O) groups excluding carboxylic acids is 1.